The number of amides is 2. The molecule has 7 nitrogen and oxygen atoms in total. The van der Waals surface area contributed by atoms with Crippen LogP contribution < -0.4 is 5.32 Å². The van der Waals surface area contributed by atoms with Crippen molar-refractivity contribution < 1.29 is 19.8 Å². The fraction of sp³-hybridized carbons (Fsp3) is 0.400. The number of hydrogen-bond acceptors (Lipinski definition) is 4. The van der Waals surface area contributed by atoms with Gasteiger partial charge in [-0.3, -0.25) is 9.59 Å². The van der Waals surface area contributed by atoms with Crippen LogP contribution in [0.2, 0.25) is 0 Å². The van der Waals surface area contributed by atoms with Crippen molar-refractivity contribution in [3.63, 3.8) is 0 Å². The number of aromatic amines is 1. The number of fused-ring (bicyclic) bond motifs is 1. The zero-order valence-electron chi connectivity index (χ0n) is 14.9. The minimum atomic E-state index is -0.733. The Morgan fingerprint density at radius 2 is 2.04 bits per heavy atom. The third kappa shape index (κ3) is 3.55. The van der Waals surface area contributed by atoms with Gasteiger partial charge in [0.05, 0.1) is 17.7 Å². The van der Waals surface area contributed by atoms with E-state index in [0.717, 1.165) is 17.5 Å². The molecule has 1 fully saturated rings. The van der Waals surface area contributed by atoms with Gasteiger partial charge in [0.1, 0.15) is 5.75 Å². The van der Waals surface area contributed by atoms with Crippen molar-refractivity contribution in [1.82, 2.24) is 15.2 Å². The first kappa shape index (κ1) is 17.6. The molecule has 3 atom stereocenters. The monoisotopic (exact) mass is 369 g/mol. The van der Waals surface area contributed by atoms with E-state index in [9.17, 15) is 19.8 Å². The third-order valence-corrected chi connectivity index (χ3v) is 5.57. The number of carbonyl (C=O) groups excluding carboxylic acids is 2. The Bertz CT molecular complexity index is 849. The summed E-state index contributed by atoms with van der Waals surface area (Å²) >= 11 is 0. The number of H-pyrrole nitrogens is 1. The number of phenolic OH excluding ortho intramolecular Hbond substituents is 1. The number of aliphatic hydroxyl groups is 1. The molecule has 4 rings (SSSR count). The van der Waals surface area contributed by atoms with Gasteiger partial charge in [-0.05, 0) is 48.6 Å². The van der Waals surface area contributed by atoms with E-state index in [1.54, 1.807) is 35.5 Å². The standard InChI is InChI=1S/C20H23N3O4/c24-16-2-1-12-4-6-23(11-15(12)7-16)20(27)14-8-17(18(25)9-14)22-19(26)13-3-5-21-10-13/h1-3,5,7,10,14,17-18,21,24-25H,4,6,8-9,11H2,(H,22,26)/t14-,17+,18+/m0/s1. The van der Waals surface area contributed by atoms with Gasteiger partial charge in [-0.2, -0.15) is 0 Å². The van der Waals surface area contributed by atoms with Crippen molar-refractivity contribution in [2.45, 2.75) is 38.0 Å². The maximum atomic E-state index is 12.9. The number of phenols is 1. The Morgan fingerprint density at radius 3 is 2.81 bits per heavy atom. The average Bonchev–Trinajstić information content (AvgIpc) is 3.31. The number of aromatic nitrogens is 1. The molecule has 1 aromatic heterocycles. The molecule has 27 heavy (non-hydrogen) atoms. The molecule has 0 spiro atoms. The van der Waals surface area contributed by atoms with Crippen LogP contribution in [0.25, 0.3) is 0 Å². The molecule has 1 aliphatic carbocycles. The molecule has 0 unspecified atom stereocenters. The van der Waals surface area contributed by atoms with Crippen LogP contribution in [0.4, 0.5) is 0 Å². The molecular weight excluding hydrogens is 346 g/mol. The molecule has 0 bridgehead atoms. The molecule has 142 valence electrons. The van der Waals surface area contributed by atoms with E-state index >= 15 is 0 Å². The normalized spacial score (nSPS) is 24.5. The van der Waals surface area contributed by atoms with Crippen molar-refractivity contribution in [2.24, 2.45) is 5.92 Å². The Balaban J connectivity index is 1.39. The smallest absolute Gasteiger partial charge is 0.253 e. The van der Waals surface area contributed by atoms with Gasteiger partial charge in [0, 0.05) is 31.4 Å². The highest BCUT2D eigenvalue weighted by Crippen LogP contribution is 2.31. The van der Waals surface area contributed by atoms with Gasteiger partial charge < -0.3 is 25.4 Å². The van der Waals surface area contributed by atoms with Crippen LogP contribution in [0.1, 0.15) is 34.3 Å². The zero-order valence-corrected chi connectivity index (χ0v) is 14.9. The van der Waals surface area contributed by atoms with E-state index in [1.807, 2.05) is 6.07 Å². The lowest BCUT2D eigenvalue weighted by molar-refractivity contribution is -0.136. The summed E-state index contributed by atoms with van der Waals surface area (Å²) in [6.07, 6.45) is 4.06. The predicted octanol–water partition coefficient (Wildman–Crippen LogP) is 1.17. The van der Waals surface area contributed by atoms with Crippen LogP contribution in [0.15, 0.2) is 36.7 Å². The number of hydrogen-bond donors (Lipinski definition) is 4. The molecule has 1 aliphatic heterocycles. The number of nitrogens with one attached hydrogen (secondary N) is 2. The Kier molecular flexibility index (Phi) is 4.61. The molecule has 2 heterocycles. The van der Waals surface area contributed by atoms with Crippen LogP contribution >= 0.6 is 0 Å². The van der Waals surface area contributed by atoms with Crippen molar-refractivity contribution in [2.75, 3.05) is 6.54 Å². The first-order chi connectivity index (χ1) is 13.0. The summed E-state index contributed by atoms with van der Waals surface area (Å²) in [5.41, 5.74) is 2.62. The van der Waals surface area contributed by atoms with Gasteiger partial charge in [-0.25, -0.2) is 0 Å². The van der Waals surface area contributed by atoms with Gasteiger partial charge in [0.2, 0.25) is 5.91 Å². The lowest BCUT2D eigenvalue weighted by Crippen LogP contribution is -2.41. The van der Waals surface area contributed by atoms with Crippen molar-refractivity contribution in [3.05, 3.63) is 53.3 Å². The van der Waals surface area contributed by atoms with Crippen molar-refractivity contribution in [1.29, 1.82) is 0 Å². The number of benzene rings is 1. The Hall–Kier alpha value is -2.80. The van der Waals surface area contributed by atoms with E-state index in [0.29, 0.717) is 31.5 Å². The Morgan fingerprint density at radius 1 is 1.19 bits per heavy atom. The maximum absolute atomic E-state index is 12.9. The van der Waals surface area contributed by atoms with Gasteiger partial charge in [-0.1, -0.05) is 6.07 Å². The molecule has 2 amide bonds. The molecule has 2 aromatic rings. The number of aromatic hydroxyl groups is 1. The number of carbonyl (C=O) groups is 2. The van der Waals surface area contributed by atoms with Crippen LogP contribution in [0, 0.1) is 5.92 Å². The van der Waals surface area contributed by atoms with Crippen LogP contribution in [-0.2, 0) is 17.8 Å². The van der Waals surface area contributed by atoms with Crippen LogP contribution in [0.5, 0.6) is 5.75 Å². The van der Waals surface area contributed by atoms with E-state index in [1.165, 1.54) is 0 Å². The first-order valence-electron chi connectivity index (χ1n) is 9.22. The highest BCUT2D eigenvalue weighted by Gasteiger charge is 2.40. The summed E-state index contributed by atoms with van der Waals surface area (Å²) in [7, 11) is 0. The van der Waals surface area contributed by atoms with Gasteiger partial charge >= 0.3 is 0 Å². The lowest BCUT2D eigenvalue weighted by Gasteiger charge is -2.31. The summed E-state index contributed by atoms with van der Waals surface area (Å²) in [5, 5.41) is 22.8. The van der Waals surface area contributed by atoms with E-state index < -0.39 is 12.1 Å². The molecule has 0 saturated heterocycles. The fourth-order valence-corrected chi connectivity index (χ4v) is 4.08. The minimum absolute atomic E-state index is 0.00133. The quantitative estimate of drug-likeness (QED) is 0.652. The molecular formula is C20H23N3O4. The highest BCUT2D eigenvalue weighted by atomic mass is 16.3. The summed E-state index contributed by atoms with van der Waals surface area (Å²) in [4.78, 5) is 29.7. The second-order valence-electron chi connectivity index (χ2n) is 7.38. The zero-order chi connectivity index (χ0) is 19.0. The summed E-state index contributed by atoms with van der Waals surface area (Å²) in [6.45, 7) is 1.10. The number of aliphatic hydroxyl groups excluding tert-OH is 1. The second-order valence-corrected chi connectivity index (χ2v) is 7.38. The predicted molar refractivity (Wildman–Crippen MR) is 98.0 cm³/mol. The van der Waals surface area contributed by atoms with Crippen LogP contribution in [0.3, 0.4) is 0 Å². The topological polar surface area (TPSA) is 106 Å². The Labute approximate surface area is 157 Å². The maximum Gasteiger partial charge on any atom is 0.253 e. The molecule has 2 aliphatic rings. The number of nitrogens with zero attached hydrogens (tertiary/aromatic N) is 1. The third-order valence-electron chi connectivity index (χ3n) is 5.57. The van der Waals surface area contributed by atoms with Crippen molar-refractivity contribution >= 4 is 11.8 Å². The summed E-state index contributed by atoms with van der Waals surface area (Å²) < 4.78 is 0. The van der Waals surface area contributed by atoms with Gasteiger partial charge in [0.15, 0.2) is 0 Å². The average molecular weight is 369 g/mol. The largest absolute Gasteiger partial charge is 0.508 e. The van der Waals surface area contributed by atoms with Crippen LogP contribution in [-0.4, -0.2) is 50.6 Å². The number of rotatable bonds is 3. The van der Waals surface area contributed by atoms with E-state index in [2.05, 4.69) is 10.3 Å². The molecule has 7 heteroatoms. The molecule has 1 saturated carbocycles. The first-order valence-corrected chi connectivity index (χ1v) is 9.22. The lowest BCUT2D eigenvalue weighted by atomic mass is 9.97. The fourth-order valence-electron chi connectivity index (χ4n) is 4.08. The molecule has 0 radical (unpaired) electrons. The van der Waals surface area contributed by atoms with E-state index in [-0.39, 0.29) is 23.5 Å². The van der Waals surface area contributed by atoms with Gasteiger partial charge in [0.25, 0.3) is 5.91 Å². The highest BCUT2D eigenvalue weighted by molar-refractivity contribution is 5.94. The van der Waals surface area contributed by atoms with Crippen molar-refractivity contribution in [3.8, 4) is 5.75 Å². The minimum Gasteiger partial charge on any atom is -0.508 e. The summed E-state index contributed by atoms with van der Waals surface area (Å²) in [5.74, 6) is -0.362. The van der Waals surface area contributed by atoms with E-state index in [4.69, 9.17) is 0 Å². The SMILES string of the molecule is O=C(N[C@@H]1C[C@H](C(=O)N2CCc3ccc(O)cc3C2)C[C@H]1O)c1cc[nH]c1. The summed E-state index contributed by atoms with van der Waals surface area (Å²) in [6, 6.07) is 6.51. The van der Waals surface area contributed by atoms with Gasteiger partial charge in [-0.15, -0.1) is 0 Å². The molecule has 1 aromatic carbocycles. The second kappa shape index (κ2) is 7.08. The molecule has 4 N–H and O–H groups in total.